The molecule has 0 heterocycles. The van der Waals surface area contributed by atoms with Gasteiger partial charge >= 0.3 is 6.09 Å². The first-order chi connectivity index (χ1) is 5.20. The summed E-state index contributed by atoms with van der Waals surface area (Å²) in [4.78, 5) is 10.6. The Morgan fingerprint density at radius 1 is 1.73 bits per heavy atom. The molecular weight excluding hydrogens is 182 g/mol. The third-order valence-corrected chi connectivity index (χ3v) is 2.87. The van der Waals surface area contributed by atoms with E-state index in [0.29, 0.717) is 0 Å². The first-order valence-electron chi connectivity index (χ1n) is 3.43. The van der Waals surface area contributed by atoms with Gasteiger partial charge in [-0.25, -0.2) is 4.79 Å². The molecule has 11 heavy (non-hydrogen) atoms. The first-order valence-corrected chi connectivity index (χ1v) is 5.75. The van der Waals surface area contributed by atoms with Crippen molar-refractivity contribution in [2.45, 2.75) is 19.8 Å². The summed E-state index contributed by atoms with van der Waals surface area (Å²) in [6.07, 6.45) is 1.72. The van der Waals surface area contributed by atoms with Crippen LogP contribution in [-0.4, -0.2) is 19.0 Å². The zero-order chi connectivity index (χ0) is 8.69. The molecule has 0 aliphatic carbocycles. The van der Waals surface area contributed by atoms with Gasteiger partial charge in [-0.2, -0.15) is 0 Å². The molecule has 0 bridgehead atoms. The number of rotatable bonds is 4. The Balaban J connectivity index is 3.44. The van der Waals surface area contributed by atoms with Gasteiger partial charge in [-0.05, 0) is 27.2 Å². The van der Waals surface area contributed by atoms with Crippen LogP contribution in [0, 0.1) is 0 Å². The summed E-state index contributed by atoms with van der Waals surface area (Å²) < 4.78 is 6.94. The van der Waals surface area contributed by atoms with Crippen LogP contribution < -0.4 is 4.72 Å². The van der Waals surface area contributed by atoms with Crippen molar-refractivity contribution in [2.75, 3.05) is 12.9 Å². The van der Waals surface area contributed by atoms with Gasteiger partial charge in [-0.15, -0.1) is 0 Å². The van der Waals surface area contributed by atoms with E-state index < -0.39 is 15.7 Å². The Morgan fingerprint density at radius 2 is 2.36 bits per heavy atom. The van der Waals surface area contributed by atoms with Crippen LogP contribution in [0.4, 0.5) is 4.79 Å². The summed E-state index contributed by atoms with van der Waals surface area (Å²) in [6, 6.07) is 0. The molecule has 0 fully saturated rings. The van der Waals surface area contributed by atoms with Crippen molar-refractivity contribution in [3.05, 3.63) is 0 Å². The fourth-order valence-corrected chi connectivity index (χ4v) is 1.94. The quantitative estimate of drug-likeness (QED) is 0.731. The number of ether oxygens (including phenoxy) is 1. The number of hydrogen-bond acceptors (Lipinski definition) is 3. The molecule has 0 aromatic carbocycles. The fraction of sp³-hybridized carbons (Fsp3) is 0.833. The van der Waals surface area contributed by atoms with Crippen LogP contribution in [0.2, 0.25) is 0 Å². The predicted molar refractivity (Wildman–Crippen MR) is 50.0 cm³/mol. The lowest BCUT2D eigenvalue weighted by atomic mass is 10.4. The van der Waals surface area contributed by atoms with Crippen molar-refractivity contribution in [1.29, 1.82) is 0 Å². The van der Waals surface area contributed by atoms with Gasteiger partial charge in [0.05, 0.1) is 7.11 Å². The van der Waals surface area contributed by atoms with Crippen molar-refractivity contribution < 1.29 is 9.53 Å². The fourth-order valence-electron chi connectivity index (χ4n) is 0.461. The molecule has 1 atom stereocenters. The SMILES string of the molecule is CCCCS(=S)NC(=O)OC. The number of nitrogens with one attached hydrogen (secondary N) is 1. The molecule has 1 unspecified atom stereocenters. The van der Waals surface area contributed by atoms with Crippen molar-refractivity contribution in [2.24, 2.45) is 0 Å². The average molecular weight is 195 g/mol. The molecule has 3 nitrogen and oxygen atoms in total. The summed E-state index contributed by atoms with van der Waals surface area (Å²) in [5.74, 6) is 0.862. The van der Waals surface area contributed by atoms with Crippen LogP contribution >= 0.6 is 0 Å². The topological polar surface area (TPSA) is 38.3 Å². The minimum Gasteiger partial charge on any atom is -0.452 e. The largest absolute Gasteiger partial charge is 0.452 e. The zero-order valence-electron chi connectivity index (χ0n) is 6.75. The maximum atomic E-state index is 10.6. The molecule has 0 aromatic rings. The second-order valence-corrected chi connectivity index (χ2v) is 4.51. The summed E-state index contributed by atoms with van der Waals surface area (Å²) in [6.45, 7) is 2.09. The van der Waals surface area contributed by atoms with Gasteiger partial charge in [0.15, 0.2) is 0 Å². The first kappa shape index (κ1) is 10.8. The van der Waals surface area contributed by atoms with Crippen molar-refractivity contribution in [1.82, 2.24) is 4.72 Å². The van der Waals surface area contributed by atoms with E-state index in [1.165, 1.54) is 7.11 Å². The molecule has 0 aromatic heterocycles. The summed E-state index contributed by atoms with van der Waals surface area (Å²) >= 11 is 4.96. The minimum absolute atomic E-state index is 0.431. The molecule has 1 amide bonds. The average Bonchev–Trinajstić information content (AvgIpc) is 2.00. The van der Waals surface area contributed by atoms with E-state index in [4.69, 9.17) is 11.2 Å². The second kappa shape index (κ2) is 6.54. The number of methoxy groups -OCH3 is 1. The van der Waals surface area contributed by atoms with E-state index in [0.717, 1.165) is 18.6 Å². The predicted octanol–water partition coefficient (Wildman–Crippen LogP) is 1.14. The van der Waals surface area contributed by atoms with Gasteiger partial charge in [0.1, 0.15) is 0 Å². The molecular formula is C6H13NO2S2. The maximum absolute atomic E-state index is 10.6. The highest BCUT2D eigenvalue weighted by atomic mass is 32.8. The highest BCUT2D eigenvalue weighted by molar-refractivity contribution is 8.28. The van der Waals surface area contributed by atoms with E-state index in [1.807, 2.05) is 0 Å². The molecule has 5 heteroatoms. The highest BCUT2D eigenvalue weighted by Gasteiger charge is 1.99. The number of unbranched alkanes of at least 4 members (excludes halogenated alkanes) is 1. The summed E-state index contributed by atoms with van der Waals surface area (Å²) in [5, 5.41) is 0. The Hall–Kier alpha value is -0.160. The molecule has 66 valence electrons. The molecule has 1 N–H and O–H groups in total. The number of carbonyl (C=O) groups excluding carboxylic acids is 1. The third-order valence-electron chi connectivity index (χ3n) is 1.07. The van der Waals surface area contributed by atoms with Crippen LogP contribution in [0.15, 0.2) is 0 Å². The van der Waals surface area contributed by atoms with Crippen LogP contribution in [0.1, 0.15) is 19.8 Å². The van der Waals surface area contributed by atoms with Gasteiger partial charge in [-0.1, -0.05) is 13.3 Å². The standard InChI is InChI=1S/C6H13NO2S2/c1-3-4-5-11(10)7-6(8)9-2/h3-5H2,1-2H3,(H,7,8). The van der Waals surface area contributed by atoms with E-state index in [-0.39, 0.29) is 0 Å². The smallest absolute Gasteiger partial charge is 0.417 e. The van der Waals surface area contributed by atoms with Gasteiger partial charge < -0.3 is 4.74 Å². The van der Waals surface area contributed by atoms with Crippen LogP contribution in [-0.2, 0) is 25.6 Å². The van der Waals surface area contributed by atoms with Crippen LogP contribution in [0.3, 0.4) is 0 Å². The lowest BCUT2D eigenvalue weighted by Crippen LogP contribution is -2.26. The molecule has 0 saturated carbocycles. The summed E-state index contributed by atoms with van der Waals surface area (Å²) in [5.41, 5.74) is 0. The second-order valence-electron chi connectivity index (χ2n) is 2.00. The normalized spacial score (nSPS) is 12.2. The van der Waals surface area contributed by atoms with E-state index in [1.54, 1.807) is 0 Å². The van der Waals surface area contributed by atoms with Crippen molar-refractivity contribution in [3.8, 4) is 0 Å². The molecule has 0 rings (SSSR count). The lowest BCUT2D eigenvalue weighted by molar-refractivity contribution is 0.178. The zero-order valence-corrected chi connectivity index (χ0v) is 8.39. The molecule has 0 aliphatic rings. The number of amides is 1. The Morgan fingerprint density at radius 3 is 2.82 bits per heavy atom. The highest BCUT2D eigenvalue weighted by Crippen LogP contribution is 1.89. The van der Waals surface area contributed by atoms with Crippen molar-refractivity contribution >= 4 is 26.9 Å². The van der Waals surface area contributed by atoms with E-state index >= 15 is 0 Å². The molecule has 0 spiro atoms. The van der Waals surface area contributed by atoms with Gasteiger partial charge in [0, 0.05) is 5.75 Å². The van der Waals surface area contributed by atoms with Crippen molar-refractivity contribution in [3.63, 3.8) is 0 Å². The molecule has 0 aliphatic heterocycles. The van der Waals surface area contributed by atoms with Crippen LogP contribution in [0.25, 0.3) is 0 Å². The Kier molecular flexibility index (Phi) is 6.45. The van der Waals surface area contributed by atoms with Gasteiger partial charge in [0.25, 0.3) is 0 Å². The monoisotopic (exact) mass is 195 g/mol. The van der Waals surface area contributed by atoms with Gasteiger partial charge in [-0.3, -0.25) is 4.72 Å². The lowest BCUT2D eigenvalue weighted by Gasteiger charge is -2.04. The minimum atomic E-state index is -0.441. The van der Waals surface area contributed by atoms with Crippen LogP contribution in [0.5, 0.6) is 0 Å². The molecule has 0 saturated heterocycles. The Labute approximate surface area is 74.2 Å². The molecule has 0 radical (unpaired) electrons. The van der Waals surface area contributed by atoms with E-state index in [9.17, 15) is 4.79 Å². The Bertz CT molecular complexity index is 150. The summed E-state index contributed by atoms with van der Waals surface area (Å²) in [7, 11) is 0.894. The number of hydrogen-bond donors (Lipinski definition) is 1. The van der Waals surface area contributed by atoms with E-state index in [2.05, 4.69) is 16.4 Å². The number of carbonyl (C=O) groups is 1. The van der Waals surface area contributed by atoms with Gasteiger partial charge in [0.2, 0.25) is 0 Å². The third kappa shape index (κ3) is 6.25. The maximum Gasteiger partial charge on any atom is 0.417 e.